The fraction of sp³-hybridized carbons (Fsp3) is 0.333. The van der Waals surface area contributed by atoms with E-state index >= 15 is 0 Å². The van der Waals surface area contributed by atoms with Crippen molar-refractivity contribution in [1.82, 2.24) is 24.8 Å². The lowest BCUT2D eigenvalue weighted by molar-refractivity contribution is 0.0621. The van der Waals surface area contributed by atoms with Crippen LogP contribution in [-0.4, -0.2) is 56.8 Å². The van der Waals surface area contributed by atoms with Crippen molar-refractivity contribution in [2.24, 2.45) is 0 Å². The largest absolute Gasteiger partial charge is 0.335 e. The number of nitrogens with one attached hydrogen (secondary N) is 1. The van der Waals surface area contributed by atoms with Crippen molar-refractivity contribution >= 4 is 5.91 Å². The van der Waals surface area contributed by atoms with E-state index in [1.165, 1.54) is 12.4 Å². The van der Waals surface area contributed by atoms with Gasteiger partial charge in [0.25, 0.3) is 11.5 Å². The molecule has 1 aliphatic heterocycles. The van der Waals surface area contributed by atoms with Crippen molar-refractivity contribution < 1.29 is 4.79 Å². The van der Waals surface area contributed by atoms with E-state index in [-0.39, 0.29) is 17.2 Å². The molecule has 0 aliphatic carbocycles. The van der Waals surface area contributed by atoms with E-state index in [0.717, 1.165) is 25.3 Å². The molecule has 0 bridgehead atoms. The number of pyridine rings is 1. The van der Waals surface area contributed by atoms with Gasteiger partial charge in [-0.3, -0.25) is 19.5 Å². The average molecular weight is 299 g/mol. The molecule has 3 heterocycles. The monoisotopic (exact) mass is 299 g/mol. The number of nitrogens with zero attached hydrogens (tertiary/aromatic N) is 4. The van der Waals surface area contributed by atoms with E-state index in [9.17, 15) is 9.59 Å². The fourth-order valence-electron chi connectivity index (χ4n) is 2.48. The lowest BCUT2D eigenvalue weighted by Gasteiger charge is -2.34. The highest BCUT2D eigenvalue weighted by Gasteiger charge is 2.23. The third-order valence-corrected chi connectivity index (χ3v) is 3.67. The first-order valence-corrected chi connectivity index (χ1v) is 7.18. The first-order valence-electron chi connectivity index (χ1n) is 7.18. The molecular weight excluding hydrogens is 282 g/mol. The Morgan fingerprint density at radius 1 is 1.18 bits per heavy atom. The predicted octanol–water partition coefficient (Wildman–Crippen LogP) is 0.123. The van der Waals surface area contributed by atoms with Gasteiger partial charge >= 0.3 is 0 Å². The Hall–Kier alpha value is -2.54. The van der Waals surface area contributed by atoms with E-state index in [0.29, 0.717) is 13.1 Å². The van der Waals surface area contributed by atoms with Gasteiger partial charge in [-0.2, -0.15) is 0 Å². The molecule has 0 unspecified atom stereocenters. The summed E-state index contributed by atoms with van der Waals surface area (Å²) in [4.78, 5) is 38.2. The number of H-pyrrole nitrogens is 1. The zero-order valence-corrected chi connectivity index (χ0v) is 12.1. The van der Waals surface area contributed by atoms with Gasteiger partial charge in [0.05, 0.1) is 12.0 Å². The number of aromatic amines is 1. The molecular formula is C15H17N5O2. The number of amides is 1. The van der Waals surface area contributed by atoms with Crippen LogP contribution in [0.1, 0.15) is 16.2 Å². The molecule has 114 valence electrons. The van der Waals surface area contributed by atoms with Crippen LogP contribution in [-0.2, 0) is 6.54 Å². The van der Waals surface area contributed by atoms with E-state index < -0.39 is 0 Å². The fourth-order valence-corrected chi connectivity index (χ4v) is 2.48. The minimum absolute atomic E-state index is 0.191. The van der Waals surface area contributed by atoms with Gasteiger partial charge in [-0.25, -0.2) is 4.98 Å². The molecule has 1 amide bonds. The summed E-state index contributed by atoms with van der Waals surface area (Å²) in [6.07, 6.45) is 3.04. The summed E-state index contributed by atoms with van der Waals surface area (Å²) in [7, 11) is 0. The number of carbonyl (C=O) groups excluding carboxylic acids is 1. The van der Waals surface area contributed by atoms with Crippen molar-refractivity contribution in [1.29, 1.82) is 0 Å². The molecule has 22 heavy (non-hydrogen) atoms. The van der Waals surface area contributed by atoms with E-state index in [2.05, 4.69) is 19.9 Å². The normalized spacial score (nSPS) is 15.7. The number of piperazine rings is 1. The number of hydrogen-bond donors (Lipinski definition) is 1. The van der Waals surface area contributed by atoms with Crippen LogP contribution < -0.4 is 5.56 Å². The summed E-state index contributed by atoms with van der Waals surface area (Å²) >= 11 is 0. The molecule has 3 rings (SSSR count). The molecule has 0 atom stereocenters. The Kier molecular flexibility index (Phi) is 4.24. The van der Waals surface area contributed by atoms with E-state index in [4.69, 9.17) is 0 Å². The molecule has 2 aromatic rings. The maximum Gasteiger partial charge on any atom is 0.272 e. The summed E-state index contributed by atoms with van der Waals surface area (Å²) in [5, 5.41) is 0. The van der Waals surface area contributed by atoms with E-state index in [1.807, 2.05) is 18.2 Å². The van der Waals surface area contributed by atoms with Crippen LogP contribution in [0.3, 0.4) is 0 Å². The number of hydrogen-bond acceptors (Lipinski definition) is 5. The van der Waals surface area contributed by atoms with Gasteiger partial charge in [0.2, 0.25) is 0 Å². The van der Waals surface area contributed by atoms with Crippen LogP contribution in [0.5, 0.6) is 0 Å². The molecule has 1 fully saturated rings. The van der Waals surface area contributed by atoms with Crippen LogP contribution in [0.15, 0.2) is 41.6 Å². The number of aromatic nitrogens is 3. The quantitative estimate of drug-likeness (QED) is 0.870. The van der Waals surface area contributed by atoms with Crippen LogP contribution in [0.2, 0.25) is 0 Å². The minimum atomic E-state index is -0.313. The van der Waals surface area contributed by atoms with Gasteiger partial charge < -0.3 is 9.88 Å². The van der Waals surface area contributed by atoms with Crippen molar-refractivity contribution in [2.45, 2.75) is 6.54 Å². The van der Waals surface area contributed by atoms with E-state index in [1.54, 1.807) is 11.1 Å². The van der Waals surface area contributed by atoms with Gasteiger partial charge in [-0.15, -0.1) is 0 Å². The molecule has 7 nitrogen and oxygen atoms in total. The Labute approximate surface area is 127 Å². The topological polar surface area (TPSA) is 82.2 Å². The van der Waals surface area contributed by atoms with Gasteiger partial charge in [0.15, 0.2) is 0 Å². The van der Waals surface area contributed by atoms with Gasteiger partial charge in [-0.05, 0) is 12.1 Å². The third-order valence-electron chi connectivity index (χ3n) is 3.67. The summed E-state index contributed by atoms with van der Waals surface area (Å²) in [6.45, 7) is 3.60. The summed E-state index contributed by atoms with van der Waals surface area (Å²) in [5.74, 6) is -0.191. The highest BCUT2D eigenvalue weighted by atomic mass is 16.2. The van der Waals surface area contributed by atoms with Gasteiger partial charge in [0.1, 0.15) is 5.69 Å². The Morgan fingerprint density at radius 3 is 2.68 bits per heavy atom. The van der Waals surface area contributed by atoms with Crippen LogP contribution in [0, 0.1) is 0 Å². The molecule has 2 aromatic heterocycles. The second-order valence-corrected chi connectivity index (χ2v) is 5.19. The smallest absolute Gasteiger partial charge is 0.272 e. The van der Waals surface area contributed by atoms with Crippen LogP contribution in [0.25, 0.3) is 0 Å². The van der Waals surface area contributed by atoms with Crippen LogP contribution in [0.4, 0.5) is 0 Å². The second-order valence-electron chi connectivity index (χ2n) is 5.19. The molecule has 1 aliphatic rings. The molecule has 1 N–H and O–H groups in total. The summed E-state index contributed by atoms with van der Waals surface area (Å²) in [5.41, 5.74) is 0.910. The summed E-state index contributed by atoms with van der Waals surface area (Å²) in [6, 6.07) is 7.11. The maximum atomic E-state index is 12.3. The molecule has 7 heteroatoms. The van der Waals surface area contributed by atoms with Crippen molar-refractivity contribution in [2.75, 3.05) is 26.2 Å². The number of carbonyl (C=O) groups is 1. The van der Waals surface area contributed by atoms with Crippen molar-refractivity contribution in [3.8, 4) is 0 Å². The van der Waals surface area contributed by atoms with Crippen molar-refractivity contribution in [3.05, 3.63) is 58.5 Å². The maximum absolute atomic E-state index is 12.3. The minimum Gasteiger partial charge on any atom is -0.335 e. The lowest BCUT2D eigenvalue weighted by atomic mass is 10.2. The Bertz CT molecular complexity index is 692. The van der Waals surface area contributed by atoms with Crippen molar-refractivity contribution in [3.63, 3.8) is 0 Å². The highest BCUT2D eigenvalue weighted by molar-refractivity contribution is 5.92. The zero-order chi connectivity index (χ0) is 15.4. The first kappa shape index (κ1) is 14.4. The lowest BCUT2D eigenvalue weighted by Crippen LogP contribution is -2.48. The molecule has 0 radical (unpaired) electrons. The second kappa shape index (κ2) is 6.48. The standard InChI is InChI=1S/C15H17N5O2/c21-14-9-13(17-11-18-14)15(22)20-7-5-19(6-8-20)10-12-3-1-2-4-16-12/h1-4,9,11H,5-8,10H2,(H,17,18,21). The first-order chi connectivity index (χ1) is 10.7. The summed E-state index contributed by atoms with van der Waals surface area (Å²) < 4.78 is 0. The highest BCUT2D eigenvalue weighted by Crippen LogP contribution is 2.08. The SMILES string of the molecule is O=C(c1cc(=O)[nH]cn1)N1CCN(Cc2ccccn2)CC1. The Morgan fingerprint density at radius 2 is 2.00 bits per heavy atom. The number of rotatable bonds is 3. The molecule has 1 saturated heterocycles. The molecule has 0 saturated carbocycles. The van der Waals surface area contributed by atoms with Gasteiger partial charge in [0, 0.05) is 45.0 Å². The van der Waals surface area contributed by atoms with Crippen LogP contribution >= 0.6 is 0 Å². The molecule has 0 spiro atoms. The van der Waals surface area contributed by atoms with Gasteiger partial charge in [-0.1, -0.05) is 6.07 Å². The molecule has 0 aromatic carbocycles. The zero-order valence-electron chi connectivity index (χ0n) is 12.1. The Balaban J connectivity index is 1.57. The average Bonchev–Trinajstić information content (AvgIpc) is 2.56. The third kappa shape index (κ3) is 3.37. The predicted molar refractivity (Wildman–Crippen MR) is 80.3 cm³/mol.